The normalized spacial score (nSPS) is 19.9. The van der Waals surface area contributed by atoms with Gasteiger partial charge in [0.05, 0.1) is 6.54 Å². The van der Waals surface area contributed by atoms with Gasteiger partial charge in [0.1, 0.15) is 5.82 Å². The van der Waals surface area contributed by atoms with Crippen LogP contribution in [-0.2, 0) is 26.0 Å². The fourth-order valence-corrected chi connectivity index (χ4v) is 5.16. The van der Waals surface area contributed by atoms with Gasteiger partial charge in [-0.05, 0) is 43.6 Å². The van der Waals surface area contributed by atoms with Crippen molar-refractivity contribution < 1.29 is 22.4 Å². The molecule has 0 aromatic heterocycles. The molecule has 0 atom stereocenters. The number of sulfone groups is 1. The van der Waals surface area contributed by atoms with E-state index >= 15 is 0 Å². The maximum absolute atomic E-state index is 13.3. The molecule has 0 bridgehead atoms. The van der Waals surface area contributed by atoms with Crippen molar-refractivity contribution in [1.82, 2.24) is 15.1 Å². The molecule has 2 amide bonds. The van der Waals surface area contributed by atoms with E-state index in [9.17, 15) is 22.4 Å². The molecule has 0 radical (unpaired) electrons. The Labute approximate surface area is 170 Å². The first-order valence-electron chi connectivity index (χ1n) is 8.95. The minimum Gasteiger partial charge on any atom is -0.335 e. The van der Waals surface area contributed by atoms with Crippen LogP contribution in [0.1, 0.15) is 18.4 Å². The van der Waals surface area contributed by atoms with Crippen LogP contribution in [0.2, 0.25) is 0 Å². The van der Waals surface area contributed by atoms with Gasteiger partial charge in [0.15, 0.2) is 14.6 Å². The molecular weight excluding hydrogens is 409 g/mol. The van der Waals surface area contributed by atoms with E-state index in [1.54, 1.807) is 17.0 Å². The summed E-state index contributed by atoms with van der Waals surface area (Å²) in [4.78, 5) is 28.5. The van der Waals surface area contributed by atoms with Crippen molar-refractivity contribution in [3.63, 3.8) is 0 Å². The number of amides is 2. The number of carbonyl (C=O) groups is 2. The molecule has 0 unspecified atom stereocenters. The summed E-state index contributed by atoms with van der Waals surface area (Å²) in [6, 6.07) is 6.04. The molecule has 2 aliphatic rings. The van der Waals surface area contributed by atoms with E-state index in [1.165, 1.54) is 17.0 Å². The van der Waals surface area contributed by atoms with Crippen molar-refractivity contribution in [1.29, 1.82) is 0 Å². The molecule has 2 saturated heterocycles. The highest BCUT2D eigenvalue weighted by molar-refractivity contribution is 7.92. The van der Waals surface area contributed by atoms with E-state index in [-0.39, 0.29) is 56.6 Å². The second-order valence-electron chi connectivity index (χ2n) is 7.19. The van der Waals surface area contributed by atoms with E-state index in [0.29, 0.717) is 25.2 Å². The Balaban J connectivity index is 0.00000280. The number of hydrogen-bond donors (Lipinski definition) is 1. The van der Waals surface area contributed by atoms with Crippen LogP contribution in [0.15, 0.2) is 24.3 Å². The molecule has 1 N–H and O–H groups in total. The van der Waals surface area contributed by atoms with E-state index in [1.807, 2.05) is 0 Å². The minimum absolute atomic E-state index is 0. The SMILES string of the molecule is CS(=O)(=O)C1(C(=O)N2CCN(Cc3cccc(F)c3)C(=O)C2)CCNCC1.Cl. The second kappa shape index (κ2) is 8.75. The number of hydrogen-bond acceptors (Lipinski definition) is 5. The van der Waals surface area contributed by atoms with Crippen LogP contribution in [0.3, 0.4) is 0 Å². The summed E-state index contributed by atoms with van der Waals surface area (Å²) in [6.07, 6.45) is 1.52. The Morgan fingerprint density at radius 3 is 2.50 bits per heavy atom. The molecule has 0 spiro atoms. The minimum atomic E-state index is -3.62. The molecule has 156 valence electrons. The lowest BCUT2D eigenvalue weighted by Gasteiger charge is -2.41. The Morgan fingerprint density at radius 1 is 1.25 bits per heavy atom. The fourth-order valence-electron chi connectivity index (χ4n) is 3.77. The van der Waals surface area contributed by atoms with Gasteiger partial charge in [-0.2, -0.15) is 0 Å². The van der Waals surface area contributed by atoms with E-state index < -0.39 is 20.5 Å². The first-order valence-corrected chi connectivity index (χ1v) is 10.8. The largest absolute Gasteiger partial charge is 0.335 e. The van der Waals surface area contributed by atoms with Crippen LogP contribution >= 0.6 is 12.4 Å². The van der Waals surface area contributed by atoms with Gasteiger partial charge in [-0.25, -0.2) is 12.8 Å². The maximum atomic E-state index is 13.3. The lowest BCUT2D eigenvalue weighted by atomic mass is 9.94. The Hall–Kier alpha value is -1.71. The van der Waals surface area contributed by atoms with Crippen molar-refractivity contribution >= 4 is 34.1 Å². The summed E-state index contributed by atoms with van der Waals surface area (Å²) < 4.78 is 36.7. The van der Waals surface area contributed by atoms with Gasteiger partial charge in [-0.15, -0.1) is 12.4 Å². The molecule has 28 heavy (non-hydrogen) atoms. The average Bonchev–Trinajstić information content (AvgIpc) is 2.62. The van der Waals surface area contributed by atoms with Crippen LogP contribution in [0, 0.1) is 5.82 Å². The first-order chi connectivity index (χ1) is 12.7. The summed E-state index contributed by atoms with van der Waals surface area (Å²) in [7, 11) is -3.62. The number of carbonyl (C=O) groups excluding carboxylic acids is 2. The third kappa shape index (κ3) is 4.47. The number of nitrogens with one attached hydrogen (secondary N) is 1. The van der Waals surface area contributed by atoms with Crippen LogP contribution in [-0.4, -0.2) is 73.8 Å². The lowest BCUT2D eigenvalue weighted by Crippen LogP contribution is -2.62. The topological polar surface area (TPSA) is 86.8 Å². The number of piperazine rings is 1. The number of halogens is 2. The van der Waals surface area contributed by atoms with Gasteiger partial charge in [0.25, 0.3) is 0 Å². The smallest absolute Gasteiger partial charge is 0.244 e. The summed E-state index contributed by atoms with van der Waals surface area (Å²) >= 11 is 0. The molecule has 10 heteroatoms. The molecule has 1 aromatic rings. The highest BCUT2D eigenvalue weighted by Crippen LogP contribution is 2.30. The quantitative estimate of drug-likeness (QED) is 0.750. The van der Waals surface area contributed by atoms with E-state index in [0.717, 1.165) is 6.26 Å². The summed E-state index contributed by atoms with van der Waals surface area (Å²) in [5.74, 6) is -1.11. The molecular formula is C18H25ClFN3O4S. The third-order valence-electron chi connectivity index (χ3n) is 5.38. The molecule has 0 aliphatic carbocycles. The van der Waals surface area contributed by atoms with Crippen LogP contribution < -0.4 is 5.32 Å². The maximum Gasteiger partial charge on any atom is 0.244 e. The standard InChI is InChI=1S/C18H24FN3O4S.ClH/c1-27(25,26)18(5-7-20-8-6-18)17(24)22-10-9-21(16(23)13-22)12-14-3-2-4-15(19)11-14;/h2-4,11,20H,5-10,12-13H2,1H3;1H. The van der Waals surface area contributed by atoms with Gasteiger partial charge < -0.3 is 15.1 Å². The molecule has 2 aliphatic heterocycles. The van der Waals surface area contributed by atoms with Gasteiger partial charge in [-0.1, -0.05) is 12.1 Å². The van der Waals surface area contributed by atoms with Gasteiger partial charge in [0, 0.05) is 25.9 Å². The number of piperidine rings is 1. The zero-order chi connectivity index (χ0) is 19.7. The van der Waals surface area contributed by atoms with Crippen molar-refractivity contribution in [3.8, 4) is 0 Å². The summed E-state index contributed by atoms with van der Waals surface area (Å²) in [5.41, 5.74) is 0.675. The monoisotopic (exact) mass is 433 g/mol. The zero-order valence-electron chi connectivity index (χ0n) is 15.7. The van der Waals surface area contributed by atoms with Crippen LogP contribution in [0.5, 0.6) is 0 Å². The first kappa shape index (κ1) is 22.6. The predicted molar refractivity (Wildman–Crippen MR) is 105 cm³/mol. The van der Waals surface area contributed by atoms with E-state index in [4.69, 9.17) is 0 Å². The van der Waals surface area contributed by atoms with E-state index in [2.05, 4.69) is 5.32 Å². The third-order valence-corrected chi connectivity index (χ3v) is 7.38. The lowest BCUT2D eigenvalue weighted by molar-refractivity contribution is -0.147. The predicted octanol–water partition coefficient (Wildman–Crippen LogP) is 0.585. The number of rotatable bonds is 4. The highest BCUT2D eigenvalue weighted by atomic mass is 35.5. The fraction of sp³-hybridized carbons (Fsp3) is 0.556. The molecule has 7 nitrogen and oxygen atoms in total. The number of nitrogens with zero attached hydrogens (tertiary/aromatic N) is 2. The molecule has 2 heterocycles. The van der Waals surface area contributed by atoms with Crippen LogP contribution in [0.25, 0.3) is 0 Å². The Kier molecular flexibility index (Phi) is 7.06. The Bertz CT molecular complexity index is 843. The Morgan fingerprint density at radius 2 is 1.93 bits per heavy atom. The van der Waals surface area contributed by atoms with Crippen molar-refractivity contribution in [2.45, 2.75) is 24.1 Å². The van der Waals surface area contributed by atoms with Gasteiger partial charge >= 0.3 is 0 Å². The molecule has 1 aromatic carbocycles. The van der Waals surface area contributed by atoms with Gasteiger partial charge in [-0.3, -0.25) is 9.59 Å². The van der Waals surface area contributed by atoms with Crippen LogP contribution in [0.4, 0.5) is 4.39 Å². The zero-order valence-corrected chi connectivity index (χ0v) is 17.3. The van der Waals surface area contributed by atoms with Crippen molar-refractivity contribution in [2.24, 2.45) is 0 Å². The van der Waals surface area contributed by atoms with Gasteiger partial charge in [0.2, 0.25) is 11.8 Å². The summed E-state index contributed by atoms with van der Waals surface area (Å²) in [5, 5.41) is 3.08. The molecule has 2 fully saturated rings. The molecule has 3 rings (SSSR count). The highest BCUT2D eigenvalue weighted by Gasteiger charge is 2.51. The summed E-state index contributed by atoms with van der Waals surface area (Å²) in [6.45, 7) is 1.57. The second-order valence-corrected chi connectivity index (χ2v) is 9.51. The van der Waals surface area contributed by atoms with Crippen molar-refractivity contribution in [2.75, 3.05) is 39.0 Å². The average molecular weight is 434 g/mol. The molecule has 0 saturated carbocycles. The number of benzene rings is 1. The van der Waals surface area contributed by atoms with Crippen molar-refractivity contribution in [3.05, 3.63) is 35.6 Å².